The Labute approximate surface area is 136 Å². The predicted octanol–water partition coefficient (Wildman–Crippen LogP) is 5.22. The van der Waals surface area contributed by atoms with E-state index in [1.54, 1.807) is 0 Å². The van der Waals surface area contributed by atoms with Crippen LogP contribution in [0.25, 0.3) is 10.9 Å². The number of aryl methyl sites for hydroxylation is 1. The molecule has 1 saturated carbocycles. The molecule has 1 heterocycles. The summed E-state index contributed by atoms with van der Waals surface area (Å²) in [7, 11) is 0. The number of carbonyl (C=O) groups is 1. The third-order valence-electron chi connectivity index (χ3n) is 4.67. The highest BCUT2D eigenvalue weighted by Crippen LogP contribution is 2.33. The summed E-state index contributed by atoms with van der Waals surface area (Å²) in [5.74, 6) is 0.658. The molecule has 1 aliphatic carbocycles. The quantitative estimate of drug-likeness (QED) is 0.823. The molecule has 22 heavy (non-hydrogen) atoms. The van der Waals surface area contributed by atoms with E-state index in [1.165, 1.54) is 32.1 Å². The summed E-state index contributed by atoms with van der Waals surface area (Å²) in [6.07, 6.45) is 8.84. The molecule has 1 aromatic heterocycles. The van der Waals surface area contributed by atoms with Gasteiger partial charge in [-0.05, 0) is 37.8 Å². The Bertz CT molecular complexity index is 671. The van der Waals surface area contributed by atoms with E-state index in [2.05, 4.69) is 16.8 Å². The van der Waals surface area contributed by atoms with Crippen molar-refractivity contribution < 1.29 is 4.79 Å². The van der Waals surface area contributed by atoms with Gasteiger partial charge in [0.2, 0.25) is 5.91 Å². The van der Waals surface area contributed by atoms with Crippen molar-refractivity contribution in [3.8, 4) is 0 Å². The van der Waals surface area contributed by atoms with E-state index in [4.69, 9.17) is 11.6 Å². The van der Waals surface area contributed by atoms with Gasteiger partial charge in [-0.25, -0.2) is 0 Å². The largest absolute Gasteiger partial charge is 0.346 e. The lowest BCUT2D eigenvalue weighted by Gasteiger charge is -2.20. The van der Waals surface area contributed by atoms with Crippen molar-refractivity contribution >= 4 is 34.1 Å². The van der Waals surface area contributed by atoms with Gasteiger partial charge in [0, 0.05) is 24.5 Å². The molecule has 1 aromatic carbocycles. The maximum Gasteiger partial charge on any atom is 0.224 e. The number of amides is 1. The number of nitrogens with one attached hydrogen (secondary N) is 1. The molecule has 1 amide bonds. The number of halogens is 1. The average Bonchev–Trinajstić information content (AvgIpc) is 2.87. The number of benzene rings is 1. The van der Waals surface area contributed by atoms with Gasteiger partial charge in [0.15, 0.2) is 0 Å². The monoisotopic (exact) mass is 318 g/mol. The van der Waals surface area contributed by atoms with E-state index in [0.29, 0.717) is 17.4 Å². The second kappa shape index (κ2) is 6.74. The summed E-state index contributed by atoms with van der Waals surface area (Å²) < 4.78 is 2.12. The lowest BCUT2D eigenvalue weighted by atomic mass is 9.87. The highest BCUT2D eigenvalue weighted by Gasteiger charge is 2.19. The molecule has 0 unspecified atom stereocenters. The molecule has 0 spiro atoms. The number of carbonyl (C=O) groups excluding carboxylic acids is 1. The molecule has 3 rings (SSSR count). The minimum absolute atomic E-state index is 0.113. The summed E-state index contributed by atoms with van der Waals surface area (Å²) in [6, 6.07) is 5.87. The predicted molar refractivity (Wildman–Crippen MR) is 92.4 cm³/mol. The van der Waals surface area contributed by atoms with Crippen LogP contribution in [-0.4, -0.2) is 10.5 Å². The van der Waals surface area contributed by atoms with Gasteiger partial charge in [-0.1, -0.05) is 36.9 Å². The molecule has 118 valence electrons. The van der Waals surface area contributed by atoms with Crippen LogP contribution in [0.3, 0.4) is 0 Å². The first-order valence-corrected chi connectivity index (χ1v) is 8.64. The number of nitrogens with zero attached hydrogens (tertiary/aromatic N) is 1. The van der Waals surface area contributed by atoms with Crippen LogP contribution in [0.5, 0.6) is 0 Å². The summed E-state index contributed by atoms with van der Waals surface area (Å²) in [5.41, 5.74) is 1.91. The number of aromatic nitrogens is 1. The minimum Gasteiger partial charge on any atom is -0.346 e. The smallest absolute Gasteiger partial charge is 0.224 e. The van der Waals surface area contributed by atoms with Crippen LogP contribution < -0.4 is 5.32 Å². The zero-order chi connectivity index (χ0) is 15.5. The fraction of sp³-hybridized carbons (Fsp3) is 0.500. The lowest BCUT2D eigenvalue weighted by molar-refractivity contribution is -0.117. The molecule has 1 aliphatic rings. The molecule has 0 atom stereocenters. The molecular formula is C18H23ClN2O. The van der Waals surface area contributed by atoms with E-state index in [0.717, 1.165) is 23.1 Å². The molecule has 0 bridgehead atoms. The highest BCUT2D eigenvalue weighted by atomic mass is 35.5. The Balaban J connectivity index is 1.79. The summed E-state index contributed by atoms with van der Waals surface area (Å²) in [6.45, 7) is 2.95. The molecule has 1 fully saturated rings. The first-order valence-electron chi connectivity index (χ1n) is 8.26. The van der Waals surface area contributed by atoms with Crippen LogP contribution in [0.2, 0.25) is 5.02 Å². The molecule has 4 heteroatoms. The Morgan fingerprint density at radius 3 is 2.82 bits per heavy atom. The molecular weight excluding hydrogens is 296 g/mol. The van der Waals surface area contributed by atoms with E-state index in [9.17, 15) is 4.79 Å². The first-order chi connectivity index (χ1) is 10.7. The van der Waals surface area contributed by atoms with E-state index >= 15 is 0 Å². The Kier molecular flexibility index (Phi) is 4.72. The SMILES string of the molecule is CCn1cc(NC(=O)CC2CCCCC2)c2c(Cl)cccc21. The minimum atomic E-state index is 0.113. The second-order valence-electron chi connectivity index (χ2n) is 6.22. The maximum absolute atomic E-state index is 12.4. The third kappa shape index (κ3) is 3.14. The van der Waals surface area contributed by atoms with Crippen molar-refractivity contribution in [3.05, 3.63) is 29.4 Å². The summed E-state index contributed by atoms with van der Waals surface area (Å²) in [5, 5.41) is 4.72. The topological polar surface area (TPSA) is 34.0 Å². The van der Waals surface area contributed by atoms with Crippen molar-refractivity contribution in [2.45, 2.75) is 52.0 Å². The van der Waals surface area contributed by atoms with Crippen molar-refractivity contribution in [2.75, 3.05) is 5.32 Å². The van der Waals surface area contributed by atoms with Crippen LogP contribution in [-0.2, 0) is 11.3 Å². The number of hydrogen-bond acceptors (Lipinski definition) is 1. The maximum atomic E-state index is 12.4. The molecule has 0 aliphatic heterocycles. The summed E-state index contributed by atoms with van der Waals surface area (Å²) >= 11 is 6.34. The lowest BCUT2D eigenvalue weighted by Crippen LogP contribution is -2.18. The third-order valence-corrected chi connectivity index (χ3v) is 4.98. The van der Waals surface area contributed by atoms with Crippen LogP contribution in [0, 0.1) is 5.92 Å². The van der Waals surface area contributed by atoms with Crippen LogP contribution in [0.15, 0.2) is 24.4 Å². The molecule has 0 radical (unpaired) electrons. The van der Waals surface area contributed by atoms with Crippen LogP contribution >= 0.6 is 11.6 Å². The normalized spacial score (nSPS) is 16.1. The van der Waals surface area contributed by atoms with Gasteiger partial charge in [-0.15, -0.1) is 0 Å². The fourth-order valence-electron chi connectivity index (χ4n) is 3.52. The van der Waals surface area contributed by atoms with Gasteiger partial charge in [0.1, 0.15) is 0 Å². The molecule has 2 aromatic rings. The van der Waals surface area contributed by atoms with Gasteiger partial charge in [0.05, 0.1) is 16.2 Å². The molecule has 3 nitrogen and oxygen atoms in total. The zero-order valence-electron chi connectivity index (χ0n) is 13.1. The Hall–Kier alpha value is -1.48. The Morgan fingerprint density at radius 2 is 2.09 bits per heavy atom. The number of rotatable bonds is 4. The van der Waals surface area contributed by atoms with E-state index < -0.39 is 0 Å². The molecule has 0 saturated heterocycles. The standard InChI is InChI=1S/C18H23ClN2O/c1-2-21-12-15(18-14(19)9-6-10-16(18)21)20-17(22)11-13-7-4-3-5-8-13/h6,9-10,12-13H,2-5,7-8,11H2,1H3,(H,20,22). The number of hydrogen-bond donors (Lipinski definition) is 1. The van der Waals surface area contributed by atoms with Gasteiger partial charge in [-0.3, -0.25) is 4.79 Å². The van der Waals surface area contributed by atoms with Crippen molar-refractivity contribution in [1.29, 1.82) is 0 Å². The van der Waals surface area contributed by atoms with Gasteiger partial charge >= 0.3 is 0 Å². The number of anilines is 1. The van der Waals surface area contributed by atoms with Gasteiger partial charge in [-0.2, -0.15) is 0 Å². The van der Waals surface area contributed by atoms with Crippen molar-refractivity contribution in [3.63, 3.8) is 0 Å². The second-order valence-corrected chi connectivity index (χ2v) is 6.63. The van der Waals surface area contributed by atoms with Crippen LogP contribution in [0.1, 0.15) is 45.4 Å². The van der Waals surface area contributed by atoms with Gasteiger partial charge in [0.25, 0.3) is 0 Å². The van der Waals surface area contributed by atoms with E-state index in [1.807, 2.05) is 24.4 Å². The first kappa shape index (κ1) is 15.4. The Morgan fingerprint density at radius 1 is 1.32 bits per heavy atom. The average molecular weight is 319 g/mol. The van der Waals surface area contributed by atoms with Crippen LogP contribution in [0.4, 0.5) is 5.69 Å². The van der Waals surface area contributed by atoms with Crippen molar-refractivity contribution in [2.24, 2.45) is 5.92 Å². The fourth-order valence-corrected chi connectivity index (χ4v) is 3.79. The van der Waals surface area contributed by atoms with Crippen molar-refractivity contribution in [1.82, 2.24) is 4.57 Å². The van der Waals surface area contributed by atoms with E-state index in [-0.39, 0.29) is 5.91 Å². The highest BCUT2D eigenvalue weighted by molar-refractivity contribution is 6.36. The summed E-state index contributed by atoms with van der Waals surface area (Å²) in [4.78, 5) is 12.4. The molecule has 1 N–H and O–H groups in total. The van der Waals surface area contributed by atoms with Gasteiger partial charge < -0.3 is 9.88 Å². The zero-order valence-corrected chi connectivity index (χ0v) is 13.8. The number of fused-ring (bicyclic) bond motifs is 1.